The summed E-state index contributed by atoms with van der Waals surface area (Å²) in [5.74, 6) is 0. The number of benzene rings is 8. The first-order valence-electron chi connectivity index (χ1n) is 16.5. The minimum absolute atomic E-state index is 1.12. The van der Waals surface area contributed by atoms with E-state index in [0.29, 0.717) is 0 Å². The molecule has 0 radical (unpaired) electrons. The number of fused-ring (bicyclic) bond motifs is 7. The zero-order chi connectivity index (χ0) is 31.3. The second-order valence-electron chi connectivity index (χ2n) is 12.8. The van der Waals surface area contributed by atoms with Crippen LogP contribution >= 0.6 is 0 Å². The van der Waals surface area contributed by atoms with Crippen LogP contribution in [0.25, 0.3) is 98.4 Å². The van der Waals surface area contributed by atoms with Crippen LogP contribution in [0.1, 0.15) is 0 Å². The number of hydrogen-bond donors (Lipinski definition) is 0. The molecule has 0 aliphatic carbocycles. The van der Waals surface area contributed by atoms with Gasteiger partial charge >= 0.3 is 0 Å². The summed E-state index contributed by atoms with van der Waals surface area (Å²) in [6.45, 7) is 0. The van der Waals surface area contributed by atoms with Gasteiger partial charge in [0.1, 0.15) is 0 Å². The minimum atomic E-state index is 1.12. The zero-order valence-corrected chi connectivity index (χ0v) is 25.9. The molecule has 0 saturated heterocycles. The Kier molecular flexibility index (Phi) is 5.11. The number of rotatable bonds is 3. The quantitative estimate of drug-likeness (QED) is 0.183. The maximum absolute atomic E-state index is 4.55. The molecule has 0 saturated carbocycles. The average molecular weight is 610 g/mol. The van der Waals surface area contributed by atoms with Crippen molar-refractivity contribution in [3.63, 3.8) is 0 Å². The summed E-state index contributed by atoms with van der Waals surface area (Å²) in [4.78, 5) is 4.55. The Labute approximate surface area is 275 Å². The van der Waals surface area contributed by atoms with Gasteiger partial charge in [0.25, 0.3) is 0 Å². The van der Waals surface area contributed by atoms with Crippen LogP contribution in [0.2, 0.25) is 0 Å². The largest absolute Gasteiger partial charge is 0.309 e. The number of nitrogens with zero attached hydrogens (tertiary/aromatic N) is 3. The molecule has 3 heterocycles. The maximum atomic E-state index is 4.55. The van der Waals surface area contributed by atoms with Crippen molar-refractivity contribution in [3.05, 3.63) is 164 Å². The predicted molar refractivity (Wildman–Crippen MR) is 202 cm³/mol. The Bertz CT molecular complexity index is 3040. The van der Waals surface area contributed by atoms with Crippen LogP contribution in [0.4, 0.5) is 0 Å². The minimum Gasteiger partial charge on any atom is -0.309 e. The standard InChI is InChI=1S/C45H27N3/c1-3-9-31(10-4-1)47-39-14-8-7-13-34(39)38-25-29(18-22-40(38)47)33-19-15-28-16-21-37-44-30(17-20-35(33)43(28)44)26-41-45(37)36-23-24-46-27-42(36)48(41)32-11-5-2-6-12-32/h1-27H. The zero-order valence-electron chi connectivity index (χ0n) is 25.9. The molecule has 3 nitrogen and oxygen atoms in total. The lowest BCUT2D eigenvalue weighted by molar-refractivity contribution is 1.17. The number of aromatic nitrogens is 3. The van der Waals surface area contributed by atoms with E-state index in [-0.39, 0.29) is 0 Å². The molecule has 3 heteroatoms. The van der Waals surface area contributed by atoms with Crippen molar-refractivity contribution in [3.8, 4) is 22.5 Å². The summed E-state index contributed by atoms with van der Waals surface area (Å²) >= 11 is 0. The predicted octanol–water partition coefficient (Wildman–Crippen LogP) is 11.8. The van der Waals surface area contributed by atoms with Gasteiger partial charge in [0.05, 0.1) is 28.3 Å². The van der Waals surface area contributed by atoms with Crippen LogP contribution in [0.15, 0.2) is 164 Å². The van der Waals surface area contributed by atoms with Gasteiger partial charge < -0.3 is 9.13 Å². The molecule has 48 heavy (non-hydrogen) atoms. The van der Waals surface area contributed by atoms with Crippen LogP contribution in [0.5, 0.6) is 0 Å². The highest BCUT2D eigenvalue weighted by Crippen LogP contribution is 2.45. The summed E-state index contributed by atoms with van der Waals surface area (Å²) in [6, 6.07) is 55.5. The van der Waals surface area contributed by atoms with E-state index in [1.165, 1.54) is 87.2 Å². The van der Waals surface area contributed by atoms with E-state index < -0.39 is 0 Å². The van der Waals surface area contributed by atoms with Gasteiger partial charge in [-0.1, -0.05) is 97.1 Å². The fourth-order valence-corrected chi connectivity index (χ4v) is 8.33. The maximum Gasteiger partial charge on any atom is 0.0724 e. The van der Waals surface area contributed by atoms with Crippen LogP contribution in [-0.4, -0.2) is 14.1 Å². The molecule has 8 aromatic carbocycles. The second-order valence-corrected chi connectivity index (χ2v) is 12.8. The number of para-hydroxylation sites is 3. The number of pyridine rings is 1. The molecule has 3 aromatic heterocycles. The average Bonchev–Trinajstić information content (AvgIpc) is 3.67. The highest BCUT2D eigenvalue weighted by molar-refractivity contribution is 6.34. The van der Waals surface area contributed by atoms with E-state index >= 15 is 0 Å². The van der Waals surface area contributed by atoms with E-state index in [4.69, 9.17) is 0 Å². The number of hydrogen-bond acceptors (Lipinski definition) is 1. The van der Waals surface area contributed by atoms with Crippen molar-refractivity contribution in [2.75, 3.05) is 0 Å². The summed E-state index contributed by atoms with van der Waals surface area (Å²) in [7, 11) is 0. The molecule has 0 spiro atoms. The molecule has 0 aliphatic rings. The highest BCUT2D eigenvalue weighted by Gasteiger charge is 2.20. The fraction of sp³-hybridized carbons (Fsp3) is 0. The van der Waals surface area contributed by atoms with Gasteiger partial charge in [-0.2, -0.15) is 0 Å². The van der Waals surface area contributed by atoms with Gasteiger partial charge in [-0.15, -0.1) is 0 Å². The summed E-state index contributed by atoms with van der Waals surface area (Å²) < 4.78 is 4.74. The molecular formula is C45H27N3. The first-order chi connectivity index (χ1) is 23.8. The molecular weight excluding hydrogens is 583 g/mol. The third kappa shape index (κ3) is 3.40. The Morgan fingerprint density at radius 1 is 0.375 bits per heavy atom. The SMILES string of the molecule is c1ccc(-n2c3ccccc3c3cc(-c4ccc5ccc6c7c(ccc4c57)cc4c6c5ccncc5n4-c4ccccc4)ccc32)cc1. The van der Waals surface area contributed by atoms with Gasteiger partial charge in [0.15, 0.2) is 0 Å². The van der Waals surface area contributed by atoms with Gasteiger partial charge in [-0.25, -0.2) is 0 Å². The molecule has 0 N–H and O–H groups in total. The van der Waals surface area contributed by atoms with Crippen LogP contribution in [0, 0.1) is 0 Å². The van der Waals surface area contributed by atoms with Gasteiger partial charge in [-0.3, -0.25) is 4.98 Å². The third-order valence-corrected chi connectivity index (χ3v) is 10.3. The van der Waals surface area contributed by atoms with E-state index in [1.807, 2.05) is 12.4 Å². The Balaban J connectivity index is 1.20. The Morgan fingerprint density at radius 2 is 1.04 bits per heavy atom. The monoisotopic (exact) mass is 609 g/mol. The molecule has 0 atom stereocenters. The third-order valence-electron chi connectivity index (χ3n) is 10.3. The molecule has 222 valence electrons. The molecule has 11 aromatic rings. The molecule has 11 rings (SSSR count). The second kappa shape index (κ2) is 9.54. The van der Waals surface area contributed by atoms with E-state index in [1.54, 1.807) is 0 Å². The van der Waals surface area contributed by atoms with Gasteiger partial charge in [0.2, 0.25) is 0 Å². The Hall–Kier alpha value is -6.45. The summed E-state index contributed by atoms with van der Waals surface area (Å²) in [5.41, 5.74) is 9.57. The van der Waals surface area contributed by atoms with Crippen molar-refractivity contribution in [1.29, 1.82) is 0 Å². The van der Waals surface area contributed by atoms with Crippen molar-refractivity contribution in [1.82, 2.24) is 14.1 Å². The fourth-order valence-electron chi connectivity index (χ4n) is 8.33. The van der Waals surface area contributed by atoms with Gasteiger partial charge in [-0.05, 0) is 98.0 Å². The van der Waals surface area contributed by atoms with Crippen LogP contribution < -0.4 is 0 Å². The smallest absolute Gasteiger partial charge is 0.0724 e. The lowest BCUT2D eigenvalue weighted by Gasteiger charge is -2.16. The lowest BCUT2D eigenvalue weighted by atomic mass is 9.88. The highest BCUT2D eigenvalue weighted by atomic mass is 15.0. The molecule has 0 unspecified atom stereocenters. The summed E-state index contributed by atoms with van der Waals surface area (Å²) in [6.07, 6.45) is 3.91. The normalized spacial score (nSPS) is 12.2. The van der Waals surface area contributed by atoms with Crippen molar-refractivity contribution >= 4 is 75.9 Å². The van der Waals surface area contributed by atoms with Crippen molar-refractivity contribution < 1.29 is 0 Å². The van der Waals surface area contributed by atoms with Crippen LogP contribution in [-0.2, 0) is 0 Å². The van der Waals surface area contributed by atoms with Crippen molar-refractivity contribution in [2.45, 2.75) is 0 Å². The molecule has 0 amide bonds. The van der Waals surface area contributed by atoms with Gasteiger partial charge in [0, 0.05) is 39.1 Å². The first kappa shape index (κ1) is 25.7. The summed E-state index contributed by atoms with van der Waals surface area (Å²) in [5, 5.41) is 12.8. The molecule has 0 fully saturated rings. The molecule has 0 bridgehead atoms. The molecule has 0 aliphatic heterocycles. The van der Waals surface area contributed by atoms with E-state index in [9.17, 15) is 0 Å². The van der Waals surface area contributed by atoms with Crippen LogP contribution in [0.3, 0.4) is 0 Å². The Morgan fingerprint density at radius 3 is 1.88 bits per heavy atom. The van der Waals surface area contributed by atoms with Crippen molar-refractivity contribution in [2.24, 2.45) is 0 Å². The topological polar surface area (TPSA) is 22.8 Å². The first-order valence-corrected chi connectivity index (χ1v) is 16.5. The van der Waals surface area contributed by atoms with E-state index in [0.717, 1.165) is 11.2 Å². The van der Waals surface area contributed by atoms with E-state index in [2.05, 4.69) is 166 Å². The lowest BCUT2D eigenvalue weighted by Crippen LogP contribution is -1.94.